The van der Waals surface area contributed by atoms with E-state index in [9.17, 15) is 9.59 Å². The van der Waals surface area contributed by atoms with Crippen molar-refractivity contribution in [1.29, 1.82) is 0 Å². The van der Waals surface area contributed by atoms with E-state index in [-0.39, 0.29) is 18.1 Å². The predicted octanol–water partition coefficient (Wildman–Crippen LogP) is 3.75. The quantitative estimate of drug-likeness (QED) is 0.608. The Morgan fingerprint density at radius 3 is 2.55 bits per heavy atom. The number of nitrogens with zero attached hydrogens (tertiary/aromatic N) is 2. The first kappa shape index (κ1) is 22.4. The van der Waals surface area contributed by atoms with Crippen LogP contribution < -0.4 is 15.6 Å². The molecule has 0 spiro atoms. The highest BCUT2D eigenvalue weighted by Gasteiger charge is 2.18. The van der Waals surface area contributed by atoms with Crippen molar-refractivity contribution in [3.8, 4) is 5.75 Å². The first-order valence-electron chi connectivity index (χ1n) is 10.3. The van der Waals surface area contributed by atoms with Gasteiger partial charge in [0.05, 0.1) is 24.9 Å². The summed E-state index contributed by atoms with van der Waals surface area (Å²) in [4.78, 5) is 32.6. The Labute approximate surface area is 182 Å². The Bertz CT molecular complexity index is 1140. The number of methoxy groups -OCH3 is 1. The third-order valence-corrected chi connectivity index (χ3v) is 5.44. The number of H-pyrrole nitrogens is 1. The van der Waals surface area contributed by atoms with Crippen LogP contribution in [0.15, 0.2) is 47.3 Å². The Balaban J connectivity index is 1.90. The lowest BCUT2D eigenvalue weighted by molar-refractivity contribution is 0.202. The summed E-state index contributed by atoms with van der Waals surface area (Å²) in [6, 6.07) is 12.9. The van der Waals surface area contributed by atoms with Crippen molar-refractivity contribution in [3.63, 3.8) is 0 Å². The average molecular weight is 423 g/mol. The minimum absolute atomic E-state index is 0.179. The zero-order chi connectivity index (χ0) is 22.5. The van der Waals surface area contributed by atoms with Crippen LogP contribution in [0.4, 0.5) is 10.5 Å². The van der Waals surface area contributed by atoms with Crippen LogP contribution in [0.25, 0.3) is 10.9 Å². The molecule has 0 aliphatic carbocycles. The monoisotopic (exact) mass is 422 g/mol. The normalized spacial score (nSPS) is 11.0. The van der Waals surface area contributed by atoms with E-state index in [1.54, 1.807) is 24.1 Å². The molecule has 7 heteroatoms. The number of amides is 2. The Kier molecular flexibility index (Phi) is 6.97. The van der Waals surface area contributed by atoms with E-state index in [1.807, 2.05) is 63.2 Å². The van der Waals surface area contributed by atoms with Gasteiger partial charge in [-0.3, -0.25) is 4.79 Å². The number of aromatic amines is 1. The summed E-state index contributed by atoms with van der Waals surface area (Å²) < 4.78 is 5.33. The van der Waals surface area contributed by atoms with Crippen LogP contribution in [-0.2, 0) is 6.54 Å². The van der Waals surface area contributed by atoms with Crippen LogP contribution in [-0.4, -0.2) is 55.1 Å². The molecule has 0 atom stereocenters. The van der Waals surface area contributed by atoms with Gasteiger partial charge in [0, 0.05) is 18.7 Å². The highest BCUT2D eigenvalue weighted by molar-refractivity contribution is 5.91. The topological polar surface area (TPSA) is 77.7 Å². The highest BCUT2D eigenvalue weighted by Crippen LogP contribution is 2.24. The number of urea groups is 1. The van der Waals surface area contributed by atoms with Gasteiger partial charge >= 0.3 is 6.03 Å². The molecule has 1 heterocycles. The van der Waals surface area contributed by atoms with E-state index in [0.29, 0.717) is 30.1 Å². The number of para-hydroxylation sites is 2. The van der Waals surface area contributed by atoms with Crippen LogP contribution in [0, 0.1) is 13.8 Å². The molecule has 0 unspecified atom stereocenters. The molecule has 0 radical (unpaired) electrons. The summed E-state index contributed by atoms with van der Waals surface area (Å²) in [5, 5.41) is 3.86. The molecule has 3 rings (SSSR count). The minimum Gasteiger partial charge on any atom is -0.495 e. The van der Waals surface area contributed by atoms with Gasteiger partial charge < -0.3 is 24.8 Å². The zero-order valence-corrected chi connectivity index (χ0v) is 18.8. The molecule has 0 fully saturated rings. The second-order valence-corrected chi connectivity index (χ2v) is 7.95. The Morgan fingerprint density at radius 2 is 1.84 bits per heavy atom. The number of pyridine rings is 1. The van der Waals surface area contributed by atoms with E-state index in [0.717, 1.165) is 22.0 Å². The van der Waals surface area contributed by atoms with Crippen molar-refractivity contribution >= 4 is 22.6 Å². The number of carbonyl (C=O) groups is 1. The third-order valence-electron chi connectivity index (χ3n) is 5.44. The van der Waals surface area contributed by atoms with Crippen LogP contribution in [0.1, 0.15) is 16.7 Å². The van der Waals surface area contributed by atoms with Crippen LogP contribution in [0.3, 0.4) is 0 Å². The largest absolute Gasteiger partial charge is 0.495 e. The summed E-state index contributed by atoms with van der Waals surface area (Å²) in [6.07, 6.45) is 0. The number of benzene rings is 2. The summed E-state index contributed by atoms with van der Waals surface area (Å²) in [5.41, 5.74) is 3.97. The molecular weight excluding hydrogens is 392 g/mol. The fraction of sp³-hybridized carbons (Fsp3) is 0.333. The number of likely N-dealkylation sites (N-methyl/N-ethyl adjacent to an activating group) is 1. The third kappa shape index (κ3) is 5.24. The molecule has 3 aromatic rings. The lowest BCUT2D eigenvalue weighted by Gasteiger charge is -2.25. The second kappa shape index (κ2) is 9.66. The van der Waals surface area contributed by atoms with E-state index >= 15 is 0 Å². The zero-order valence-electron chi connectivity index (χ0n) is 18.8. The van der Waals surface area contributed by atoms with Gasteiger partial charge in [0.15, 0.2) is 0 Å². The average Bonchev–Trinajstić information content (AvgIpc) is 2.74. The summed E-state index contributed by atoms with van der Waals surface area (Å²) in [7, 11) is 5.46. The minimum atomic E-state index is -0.286. The number of ether oxygens (including phenoxy) is 1. The number of nitrogens with one attached hydrogen (secondary N) is 2. The van der Waals surface area contributed by atoms with Gasteiger partial charge in [0.1, 0.15) is 5.75 Å². The Hall–Kier alpha value is -3.32. The maximum Gasteiger partial charge on any atom is 0.322 e. The molecule has 1 aromatic heterocycles. The first-order chi connectivity index (χ1) is 14.8. The fourth-order valence-electron chi connectivity index (χ4n) is 3.41. The summed E-state index contributed by atoms with van der Waals surface area (Å²) >= 11 is 0. The number of rotatable bonds is 7. The molecule has 0 aliphatic heterocycles. The molecule has 2 N–H and O–H groups in total. The van der Waals surface area contributed by atoms with Gasteiger partial charge in [0.2, 0.25) is 0 Å². The molecule has 0 aliphatic rings. The van der Waals surface area contributed by atoms with Gasteiger partial charge in [0.25, 0.3) is 5.56 Å². The molecule has 0 saturated heterocycles. The molecule has 164 valence electrons. The van der Waals surface area contributed by atoms with Crippen molar-refractivity contribution in [2.24, 2.45) is 0 Å². The van der Waals surface area contributed by atoms with Crippen LogP contribution in [0.5, 0.6) is 5.75 Å². The van der Waals surface area contributed by atoms with Crippen molar-refractivity contribution < 1.29 is 9.53 Å². The van der Waals surface area contributed by atoms with Crippen LogP contribution in [0.2, 0.25) is 0 Å². The van der Waals surface area contributed by atoms with Gasteiger partial charge in [-0.15, -0.1) is 0 Å². The number of aromatic nitrogens is 1. The smallest absolute Gasteiger partial charge is 0.322 e. The van der Waals surface area contributed by atoms with Gasteiger partial charge in [-0.1, -0.05) is 24.3 Å². The highest BCUT2D eigenvalue weighted by atomic mass is 16.5. The van der Waals surface area contributed by atoms with E-state index in [4.69, 9.17) is 4.74 Å². The van der Waals surface area contributed by atoms with Crippen molar-refractivity contribution in [1.82, 2.24) is 14.8 Å². The number of hydrogen-bond acceptors (Lipinski definition) is 4. The molecule has 2 amide bonds. The number of carbonyl (C=O) groups excluding carboxylic acids is 1. The fourth-order valence-corrected chi connectivity index (χ4v) is 3.41. The lowest BCUT2D eigenvalue weighted by atomic mass is 10.0. The van der Waals surface area contributed by atoms with E-state index in [2.05, 4.69) is 10.3 Å². The van der Waals surface area contributed by atoms with Crippen molar-refractivity contribution in [3.05, 3.63) is 69.5 Å². The maximum absolute atomic E-state index is 13.1. The molecule has 2 aromatic carbocycles. The van der Waals surface area contributed by atoms with Crippen LogP contribution >= 0.6 is 0 Å². The number of aryl methyl sites for hydroxylation is 2. The van der Waals surface area contributed by atoms with Gasteiger partial charge in [-0.2, -0.15) is 0 Å². The van der Waals surface area contributed by atoms with Crippen molar-refractivity contribution in [2.45, 2.75) is 20.4 Å². The second-order valence-electron chi connectivity index (χ2n) is 7.95. The standard InChI is InChI=1S/C24H30N4O3/c1-16-10-11-18-14-19(23(29)26-22(18)17(16)2)15-28(13-12-27(3)4)24(30)25-20-8-6-7-9-21(20)31-5/h6-11,14H,12-13,15H2,1-5H3,(H,25,30)(H,26,29). The van der Waals surface area contributed by atoms with E-state index in [1.165, 1.54) is 0 Å². The number of fused-ring (bicyclic) bond motifs is 1. The molecule has 0 saturated carbocycles. The van der Waals surface area contributed by atoms with Crippen molar-refractivity contribution in [2.75, 3.05) is 39.6 Å². The summed E-state index contributed by atoms with van der Waals surface area (Å²) in [6.45, 7) is 5.36. The SMILES string of the molecule is COc1ccccc1NC(=O)N(CCN(C)C)Cc1cc2ccc(C)c(C)c2[nH]c1=O. The lowest BCUT2D eigenvalue weighted by Crippen LogP contribution is -2.40. The maximum atomic E-state index is 13.1. The predicted molar refractivity (Wildman–Crippen MR) is 125 cm³/mol. The molecular formula is C24H30N4O3. The molecule has 7 nitrogen and oxygen atoms in total. The van der Waals surface area contributed by atoms with Gasteiger partial charge in [-0.05, 0) is 62.7 Å². The number of anilines is 1. The Morgan fingerprint density at radius 1 is 1.10 bits per heavy atom. The first-order valence-corrected chi connectivity index (χ1v) is 10.3. The molecule has 0 bridgehead atoms. The van der Waals surface area contributed by atoms with E-state index < -0.39 is 0 Å². The number of hydrogen-bond donors (Lipinski definition) is 2. The summed E-state index contributed by atoms with van der Waals surface area (Å²) in [5.74, 6) is 0.581. The van der Waals surface area contributed by atoms with Gasteiger partial charge in [-0.25, -0.2) is 4.79 Å². The molecule has 31 heavy (non-hydrogen) atoms.